The third kappa shape index (κ3) is 5.78. The number of nitrogens with one attached hydrogen (secondary N) is 2. The molecule has 2 aromatic carbocycles. The lowest BCUT2D eigenvalue weighted by atomic mass is 10.2. The lowest BCUT2D eigenvalue weighted by molar-refractivity contribution is -0.124. The Hall–Kier alpha value is -3.12. The van der Waals surface area contributed by atoms with Gasteiger partial charge in [0, 0.05) is 17.8 Å². The van der Waals surface area contributed by atoms with Gasteiger partial charge in [-0.3, -0.25) is 9.59 Å². The minimum Gasteiger partial charge on any atom is -0.497 e. The van der Waals surface area contributed by atoms with Crippen molar-refractivity contribution in [2.75, 3.05) is 19.0 Å². The van der Waals surface area contributed by atoms with Crippen LogP contribution in [0, 0.1) is 0 Å². The van der Waals surface area contributed by atoms with Gasteiger partial charge in [0.05, 0.1) is 13.7 Å². The van der Waals surface area contributed by atoms with Crippen LogP contribution in [-0.2, 0) is 9.59 Å². The Labute approximate surface area is 146 Å². The summed E-state index contributed by atoms with van der Waals surface area (Å²) in [5.41, 5.74) is 1.37. The number of aliphatic hydroxyl groups is 1. The van der Waals surface area contributed by atoms with Crippen LogP contribution < -0.4 is 15.4 Å². The van der Waals surface area contributed by atoms with Gasteiger partial charge in [-0.25, -0.2) is 0 Å². The molecule has 0 bridgehead atoms. The summed E-state index contributed by atoms with van der Waals surface area (Å²) in [7, 11) is 1.52. The second-order valence-corrected chi connectivity index (χ2v) is 5.21. The molecule has 0 saturated heterocycles. The monoisotopic (exact) mass is 340 g/mol. The molecule has 3 N–H and O–H groups in total. The average Bonchev–Trinajstić information content (AvgIpc) is 2.65. The first-order valence-corrected chi connectivity index (χ1v) is 7.72. The van der Waals surface area contributed by atoms with Crippen molar-refractivity contribution in [2.45, 2.75) is 6.04 Å². The van der Waals surface area contributed by atoms with Crippen LogP contribution in [0.2, 0.25) is 0 Å². The SMILES string of the molecule is COc1cccc(NC(=O)[C@H](CO)NC(=O)C=Cc2ccccc2)c1. The van der Waals surface area contributed by atoms with Crippen molar-refractivity contribution in [3.8, 4) is 5.75 Å². The number of methoxy groups -OCH3 is 1. The van der Waals surface area contributed by atoms with Gasteiger partial charge in [0.1, 0.15) is 11.8 Å². The Morgan fingerprint density at radius 1 is 1.16 bits per heavy atom. The number of carbonyl (C=O) groups is 2. The molecule has 0 heterocycles. The maximum Gasteiger partial charge on any atom is 0.249 e. The Kier molecular flexibility index (Phi) is 6.74. The Morgan fingerprint density at radius 2 is 1.92 bits per heavy atom. The van der Waals surface area contributed by atoms with Crippen LogP contribution in [0.3, 0.4) is 0 Å². The summed E-state index contributed by atoms with van der Waals surface area (Å²) < 4.78 is 5.08. The van der Waals surface area contributed by atoms with Gasteiger partial charge in [-0.1, -0.05) is 36.4 Å². The molecule has 0 aromatic heterocycles. The smallest absolute Gasteiger partial charge is 0.249 e. The van der Waals surface area contributed by atoms with E-state index in [-0.39, 0.29) is 0 Å². The summed E-state index contributed by atoms with van der Waals surface area (Å²) in [6.45, 7) is -0.513. The molecule has 0 saturated carbocycles. The zero-order valence-electron chi connectivity index (χ0n) is 13.8. The quantitative estimate of drug-likeness (QED) is 0.671. The van der Waals surface area contributed by atoms with Crippen molar-refractivity contribution in [3.63, 3.8) is 0 Å². The molecule has 0 unspecified atom stereocenters. The maximum atomic E-state index is 12.2. The highest BCUT2D eigenvalue weighted by Crippen LogP contribution is 2.16. The molecule has 130 valence electrons. The van der Waals surface area contributed by atoms with Crippen molar-refractivity contribution in [3.05, 3.63) is 66.2 Å². The normalized spacial score (nSPS) is 11.8. The van der Waals surface area contributed by atoms with Crippen molar-refractivity contribution in [2.24, 2.45) is 0 Å². The maximum absolute atomic E-state index is 12.2. The number of amides is 2. The topological polar surface area (TPSA) is 87.7 Å². The van der Waals surface area contributed by atoms with E-state index in [1.54, 1.807) is 30.3 Å². The highest BCUT2D eigenvalue weighted by molar-refractivity contribution is 6.00. The summed E-state index contributed by atoms with van der Waals surface area (Å²) in [6.07, 6.45) is 2.94. The summed E-state index contributed by atoms with van der Waals surface area (Å²) in [6, 6.07) is 15.0. The molecular formula is C19H20N2O4. The Bertz CT molecular complexity index is 744. The van der Waals surface area contributed by atoms with E-state index < -0.39 is 24.5 Å². The van der Waals surface area contributed by atoms with E-state index in [1.807, 2.05) is 30.3 Å². The van der Waals surface area contributed by atoms with Gasteiger partial charge >= 0.3 is 0 Å². The number of hydrogen-bond acceptors (Lipinski definition) is 4. The molecule has 0 fully saturated rings. The number of anilines is 1. The molecular weight excluding hydrogens is 320 g/mol. The van der Waals surface area contributed by atoms with E-state index >= 15 is 0 Å². The largest absolute Gasteiger partial charge is 0.497 e. The van der Waals surface area contributed by atoms with Crippen molar-refractivity contribution in [1.82, 2.24) is 5.32 Å². The molecule has 2 aromatic rings. The van der Waals surface area contributed by atoms with Crippen LogP contribution in [0.25, 0.3) is 6.08 Å². The second kappa shape index (κ2) is 9.24. The Morgan fingerprint density at radius 3 is 2.60 bits per heavy atom. The summed E-state index contributed by atoms with van der Waals surface area (Å²) in [4.78, 5) is 24.1. The van der Waals surface area contributed by atoms with E-state index in [0.29, 0.717) is 11.4 Å². The third-order valence-electron chi connectivity index (χ3n) is 3.38. The highest BCUT2D eigenvalue weighted by Gasteiger charge is 2.19. The lowest BCUT2D eigenvalue weighted by Gasteiger charge is -2.15. The number of hydrogen-bond donors (Lipinski definition) is 3. The van der Waals surface area contributed by atoms with Gasteiger partial charge in [-0.05, 0) is 23.8 Å². The number of carbonyl (C=O) groups excluding carboxylic acids is 2. The van der Waals surface area contributed by atoms with E-state index in [1.165, 1.54) is 13.2 Å². The first-order valence-electron chi connectivity index (χ1n) is 7.72. The number of benzene rings is 2. The lowest BCUT2D eigenvalue weighted by Crippen LogP contribution is -2.45. The molecule has 0 spiro atoms. The molecule has 6 nitrogen and oxygen atoms in total. The Balaban J connectivity index is 1.95. The van der Waals surface area contributed by atoms with E-state index in [9.17, 15) is 14.7 Å². The zero-order valence-corrected chi connectivity index (χ0v) is 13.8. The van der Waals surface area contributed by atoms with Crippen LogP contribution in [0.1, 0.15) is 5.56 Å². The fraction of sp³-hybridized carbons (Fsp3) is 0.158. The molecule has 6 heteroatoms. The predicted molar refractivity (Wildman–Crippen MR) is 96.1 cm³/mol. The first-order chi connectivity index (χ1) is 12.1. The first kappa shape index (κ1) is 18.2. The standard InChI is InChI=1S/C19H20N2O4/c1-25-16-9-5-8-15(12-16)20-19(24)17(13-22)21-18(23)11-10-14-6-3-2-4-7-14/h2-12,17,22H,13H2,1H3,(H,20,24)(H,21,23)/t17-/m0/s1. The summed E-state index contributed by atoms with van der Waals surface area (Å²) in [5, 5.41) is 14.5. The average molecular weight is 340 g/mol. The molecule has 0 aliphatic carbocycles. The fourth-order valence-corrected chi connectivity index (χ4v) is 2.08. The van der Waals surface area contributed by atoms with Crippen LogP contribution in [-0.4, -0.2) is 36.7 Å². The number of aliphatic hydroxyl groups excluding tert-OH is 1. The van der Waals surface area contributed by atoms with E-state index in [2.05, 4.69) is 10.6 Å². The molecule has 0 radical (unpaired) electrons. The minimum atomic E-state index is -1.06. The third-order valence-corrected chi connectivity index (χ3v) is 3.38. The van der Waals surface area contributed by atoms with Gasteiger partial charge in [0.15, 0.2) is 0 Å². The molecule has 0 aliphatic heterocycles. The minimum absolute atomic E-state index is 0.469. The van der Waals surface area contributed by atoms with Crippen LogP contribution >= 0.6 is 0 Å². The van der Waals surface area contributed by atoms with Crippen LogP contribution in [0.5, 0.6) is 5.75 Å². The van der Waals surface area contributed by atoms with Crippen molar-refractivity contribution >= 4 is 23.6 Å². The van der Waals surface area contributed by atoms with Gasteiger partial charge in [-0.15, -0.1) is 0 Å². The molecule has 1 atom stereocenters. The predicted octanol–water partition coefficient (Wildman–Crippen LogP) is 1.82. The number of ether oxygens (including phenoxy) is 1. The number of rotatable bonds is 7. The van der Waals surface area contributed by atoms with Crippen molar-refractivity contribution < 1.29 is 19.4 Å². The summed E-state index contributed by atoms with van der Waals surface area (Å²) in [5.74, 6) is -0.394. The van der Waals surface area contributed by atoms with E-state index in [0.717, 1.165) is 5.56 Å². The zero-order chi connectivity index (χ0) is 18.1. The van der Waals surface area contributed by atoms with Gasteiger partial charge < -0.3 is 20.5 Å². The van der Waals surface area contributed by atoms with Crippen LogP contribution in [0.4, 0.5) is 5.69 Å². The highest BCUT2D eigenvalue weighted by atomic mass is 16.5. The molecule has 2 rings (SSSR count). The van der Waals surface area contributed by atoms with Crippen LogP contribution in [0.15, 0.2) is 60.7 Å². The van der Waals surface area contributed by atoms with Gasteiger partial charge in [0.25, 0.3) is 0 Å². The van der Waals surface area contributed by atoms with Gasteiger partial charge in [-0.2, -0.15) is 0 Å². The molecule has 0 aliphatic rings. The second-order valence-electron chi connectivity index (χ2n) is 5.21. The van der Waals surface area contributed by atoms with Gasteiger partial charge in [0.2, 0.25) is 11.8 Å². The van der Waals surface area contributed by atoms with E-state index in [4.69, 9.17) is 4.74 Å². The summed E-state index contributed by atoms with van der Waals surface area (Å²) >= 11 is 0. The molecule has 25 heavy (non-hydrogen) atoms. The molecule has 2 amide bonds. The fourth-order valence-electron chi connectivity index (χ4n) is 2.08. The van der Waals surface area contributed by atoms with Crippen molar-refractivity contribution in [1.29, 1.82) is 0 Å².